The number of aliphatic hydroxyl groups is 1. The van der Waals surface area contributed by atoms with E-state index in [-0.39, 0.29) is 6.61 Å². The molecule has 1 atom stereocenters. The zero-order valence-electron chi connectivity index (χ0n) is 13.5. The predicted molar refractivity (Wildman–Crippen MR) is 102 cm³/mol. The van der Waals surface area contributed by atoms with Gasteiger partial charge in [-0.2, -0.15) is 5.26 Å². The lowest BCUT2D eigenvalue weighted by atomic mass is 9.95. The normalized spacial score (nSPS) is 16.9. The fourth-order valence-corrected chi connectivity index (χ4v) is 4.04. The van der Waals surface area contributed by atoms with Gasteiger partial charge in [-0.3, -0.25) is 0 Å². The number of aromatic amines is 1. The van der Waals surface area contributed by atoms with Crippen molar-refractivity contribution >= 4 is 33.5 Å². The third-order valence-electron chi connectivity index (χ3n) is 4.52. The molecule has 1 saturated carbocycles. The molecule has 1 aliphatic carbocycles. The van der Waals surface area contributed by atoms with Crippen molar-refractivity contribution in [2.45, 2.75) is 44.2 Å². The summed E-state index contributed by atoms with van der Waals surface area (Å²) in [6.07, 6.45) is 5.73. The zero-order chi connectivity index (χ0) is 16.9. The van der Waals surface area contributed by atoms with Crippen LogP contribution in [0, 0.1) is 14.9 Å². The van der Waals surface area contributed by atoms with Gasteiger partial charge in [0.2, 0.25) is 0 Å². The van der Waals surface area contributed by atoms with E-state index in [0.29, 0.717) is 24.0 Å². The largest absolute Gasteiger partial charge is 0.490 e. The van der Waals surface area contributed by atoms with Crippen molar-refractivity contribution < 1.29 is 9.84 Å². The van der Waals surface area contributed by atoms with Gasteiger partial charge in [0.05, 0.1) is 14.5 Å². The maximum absolute atomic E-state index is 10.2. The van der Waals surface area contributed by atoms with Crippen LogP contribution >= 0.6 is 22.6 Å². The first kappa shape index (κ1) is 17.5. The molecule has 1 heterocycles. The Hall–Kier alpha value is -1.30. The van der Waals surface area contributed by atoms with Gasteiger partial charge in [0, 0.05) is 12.6 Å². The summed E-state index contributed by atoms with van der Waals surface area (Å²) in [5.74, 6) is 0.700. The van der Waals surface area contributed by atoms with E-state index >= 15 is 0 Å². The minimum Gasteiger partial charge on any atom is -0.490 e. The van der Waals surface area contributed by atoms with Gasteiger partial charge in [-0.15, -0.1) is 0 Å². The Morgan fingerprint density at radius 1 is 1.38 bits per heavy atom. The average Bonchev–Trinajstić information content (AvgIpc) is 2.95. The Labute approximate surface area is 155 Å². The van der Waals surface area contributed by atoms with Crippen molar-refractivity contribution in [3.05, 3.63) is 27.5 Å². The van der Waals surface area contributed by atoms with E-state index in [1.54, 1.807) is 0 Å². The second kappa shape index (κ2) is 8.19. The van der Waals surface area contributed by atoms with Crippen molar-refractivity contribution in [2.75, 3.05) is 13.2 Å². The Balaban J connectivity index is 1.59. The summed E-state index contributed by atoms with van der Waals surface area (Å²) in [5.41, 5.74) is 1.42. The summed E-state index contributed by atoms with van der Waals surface area (Å²) < 4.78 is 6.69. The van der Waals surface area contributed by atoms with Crippen LogP contribution in [-0.4, -0.2) is 35.4 Å². The number of nitrogens with zero attached hydrogens (tertiary/aromatic N) is 1. The van der Waals surface area contributed by atoms with Gasteiger partial charge in [0.1, 0.15) is 30.2 Å². The van der Waals surface area contributed by atoms with Gasteiger partial charge in [0.25, 0.3) is 0 Å². The standard InChI is InChI=1S/C18H22IN3O2/c19-18-15(9-20)22-14-7-4-8-16(17(14)18)24-11-13(23)10-21-12-5-2-1-3-6-12/h4,7-8,12-13,21-23H,1-3,5-6,10-11H2. The van der Waals surface area contributed by atoms with Crippen molar-refractivity contribution in [1.82, 2.24) is 10.3 Å². The molecule has 24 heavy (non-hydrogen) atoms. The molecule has 6 heteroatoms. The van der Waals surface area contributed by atoms with E-state index in [1.807, 2.05) is 18.2 Å². The molecule has 1 fully saturated rings. The third-order valence-corrected chi connectivity index (χ3v) is 5.59. The van der Waals surface area contributed by atoms with E-state index in [0.717, 1.165) is 14.5 Å². The predicted octanol–water partition coefficient (Wildman–Crippen LogP) is 3.31. The van der Waals surface area contributed by atoms with Gasteiger partial charge >= 0.3 is 0 Å². The molecule has 1 aromatic carbocycles. The SMILES string of the molecule is N#Cc1[nH]c2cccc(OCC(O)CNC3CCCCC3)c2c1I. The molecule has 5 nitrogen and oxygen atoms in total. The molecule has 0 saturated heterocycles. The van der Waals surface area contributed by atoms with Crippen LogP contribution < -0.4 is 10.1 Å². The number of rotatable bonds is 6. The van der Waals surface area contributed by atoms with Crippen LogP contribution in [0.2, 0.25) is 0 Å². The number of hydrogen-bond donors (Lipinski definition) is 3. The maximum Gasteiger partial charge on any atom is 0.132 e. The van der Waals surface area contributed by atoms with Gasteiger partial charge in [-0.25, -0.2) is 0 Å². The highest BCUT2D eigenvalue weighted by Crippen LogP contribution is 2.32. The van der Waals surface area contributed by atoms with Crippen molar-refractivity contribution in [1.29, 1.82) is 5.26 Å². The van der Waals surface area contributed by atoms with E-state index in [4.69, 9.17) is 10.00 Å². The molecule has 0 aliphatic heterocycles. The highest BCUT2D eigenvalue weighted by atomic mass is 127. The second-order valence-electron chi connectivity index (χ2n) is 6.31. The molecule has 1 unspecified atom stereocenters. The number of benzene rings is 1. The minimum absolute atomic E-state index is 0.238. The lowest BCUT2D eigenvalue weighted by molar-refractivity contribution is 0.102. The molecule has 0 spiro atoms. The number of aliphatic hydroxyl groups excluding tert-OH is 1. The fraction of sp³-hybridized carbons (Fsp3) is 0.500. The molecule has 0 radical (unpaired) electrons. The van der Waals surface area contributed by atoms with E-state index in [1.165, 1.54) is 32.1 Å². The molecule has 3 N–H and O–H groups in total. The number of hydrogen-bond acceptors (Lipinski definition) is 4. The second-order valence-corrected chi connectivity index (χ2v) is 7.39. The summed E-state index contributed by atoms with van der Waals surface area (Å²) in [4.78, 5) is 3.09. The Morgan fingerprint density at radius 2 is 2.17 bits per heavy atom. The molecule has 0 amide bonds. The van der Waals surface area contributed by atoms with Gasteiger partial charge in [-0.1, -0.05) is 25.3 Å². The molecule has 128 valence electrons. The molecule has 2 aromatic rings. The summed E-state index contributed by atoms with van der Waals surface area (Å²) in [7, 11) is 0. The first-order valence-electron chi connectivity index (χ1n) is 8.43. The molecule has 3 rings (SSSR count). The van der Waals surface area contributed by atoms with Gasteiger partial charge in [-0.05, 0) is 47.6 Å². The van der Waals surface area contributed by atoms with E-state index in [2.05, 4.69) is 39.0 Å². The van der Waals surface area contributed by atoms with E-state index in [9.17, 15) is 5.11 Å². The van der Waals surface area contributed by atoms with Crippen LogP contribution in [0.4, 0.5) is 0 Å². The maximum atomic E-state index is 10.2. The van der Waals surface area contributed by atoms with Crippen LogP contribution in [0.1, 0.15) is 37.8 Å². The number of nitrogens with one attached hydrogen (secondary N) is 2. The minimum atomic E-state index is -0.547. The van der Waals surface area contributed by atoms with Crippen LogP contribution in [0.3, 0.4) is 0 Å². The van der Waals surface area contributed by atoms with Gasteiger partial charge in [0.15, 0.2) is 0 Å². The van der Waals surface area contributed by atoms with Crippen molar-refractivity contribution in [3.8, 4) is 11.8 Å². The summed E-state index contributed by atoms with van der Waals surface area (Å²) >= 11 is 2.15. The lowest BCUT2D eigenvalue weighted by Crippen LogP contribution is -2.38. The molecule has 1 aliphatic rings. The van der Waals surface area contributed by atoms with E-state index < -0.39 is 6.10 Å². The number of H-pyrrole nitrogens is 1. The summed E-state index contributed by atoms with van der Waals surface area (Å²) in [6, 6.07) is 8.37. The van der Waals surface area contributed by atoms with Crippen molar-refractivity contribution in [3.63, 3.8) is 0 Å². The van der Waals surface area contributed by atoms with Crippen molar-refractivity contribution in [2.24, 2.45) is 0 Å². The zero-order valence-corrected chi connectivity index (χ0v) is 15.7. The molecule has 0 bridgehead atoms. The van der Waals surface area contributed by atoms with Crippen LogP contribution in [0.25, 0.3) is 10.9 Å². The topological polar surface area (TPSA) is 81.1 Å². The van der Waals surface area contributed by atoms with Gasteiger partial charge < -0.3 is 20.1 Å². The molecular formula is C18H22IN3O2. The number of halogens is 1. The Morgan fingerprint density at radius 3 is 2.92 bits per heavy atom. The Bertz CT molecular complexity index is 732. The van der Waals surface area contributed by atoms with Crippen LogP contribution in [-0.2, 0) is 0 Å². The highest BCUT2D eigenvalue weighted by Gasteiger charge is 2.16. The smallest absolute Gasteiger partial charge is 0.132 e. The lowest BCUT2D eigenvalue weighted by Gasteiger charge is -2.24. The first-order valence-corrected chi connectivity index (χ1v) is 9.51. The highest BCUT2D eigenvalue weighted by molar-refractivity contribution is 14.1. The first-order chi connectivity index (χ1) is 11.7. The Kier molecular flexibility index (Phi) is 5.98. The monoisotopic (exact) mass is 439 g/mol. The third kappa shape index (κ3) is 4.02. The van der Waals surface area contributed by atoms with Crippen LogP contribution in [0.5, 0.6) is 5.75 Å². The quantitative estimate of drug-likeness (QED) is 0.604. The fourth-order valence-electron chi connectivity index (χ4n) is 3.23. The average molecular weight is 439 g/mol. The number of ether oxygens (including phenoxy) is 1. The summed E-state index contributed by atoms with van der Waals surface area (Å²) in [6.45, 7) is 0.788. The molecular weight excluding hydrogens is 417 g/mol. The summed E-state index contributed by atoms with van der Waals surface area (Å²) in [5, 5.41) is 23.7. The number of fused-ring (bicyclic) bond motifs is 1. The van der Waals surface area contributed by atoms with Crippen LogP contribution in [0.15, 0.2) is 18.2 Å². The molecule has 1 aromatic heterocycles. The number of aromatic nitrogens is 1. The number of nitriles is 1.